The maximum atomic E-state index is 12.2. The number of halogens is 4. The summed E-state index contributed by atoms with van der Waals surface area (Å²) >= 11 is 5.46. The first-order valence-electron chi connectivity index (χ1n) is 4.32. The molecule has 0 saturated heterocycles. The van der Waals surface area contributed by atoms with Crippen LogP contribution in [0.1, 0.15) is 5.56 Å². The molecule has 1 aromatic heterocycles. The van der Waals surface area contributed by atoms with Crippen LogP contribution in [0.4, 0.5) is 19.0 Å². The van der Waals surface area contributed by atoms with Crippen LogP contribution in [0.5, 0.6) is 11.5 Å². The lowest BCUT2D eigenvalue weighted by molar-refractivity contribution is -0.393. The van der Waals surface area contributed by atoms with Gasteiger partial charge in [0.1, 0.15) is 6.20 Å². The van der Waals surface area contributed by atoms with Crippen molar-refractivity contribution in [3.8, 4) is 11.5 Å². The standard InChI is InChI=1S/C8H6ClF3N2O4/c1-17-5-4(2-9)3-13-7(14(15)16)6(5)18-8(10,11)12/h3H,2H2,1H3. The van der Waals surface area contributed by atoms with Crippen molar-refractivity contribution < 1.29 is 27.6 Å². The fourth-order valence-corrected chi connectivity index (χ4v) is 1.35. The summed E-state index contributed by atoms with van der Waals surface area (Å²) in [6.45, 7) is 0. The third kappa shape index (κ3) is 3.13. The molecule has 0 N–H and O–H groups in total. The molecule has 0 radical (unpaired) electrons. The van der Waals surface area contributed by atoms with Gasteiger partial charge < -0.3 is 19.6 Å². The Morgan fingerprint density at radius 3 is 2.50 bits per heavy atom. The lowest BCUT2D eigenvalue weighted by Gasteiger charge is -2.13. The molecule has 0 saturated carbocycles. The molecule has 1 aromatic rings. The maximum Gasteiger partial charge on any atom is 0.573 e. The summed E-state index contributed by atoms with van der Waals surface area (Å²) in [4.78, 5) is 12.7. The van der Waals surface area contributed by atoms with Crippen LogP contribution in [0.15, 0.2) is 6.20 Å². The Morgan fingerprint density at radius 2 is 2.11 bits per heavy atom. The van der Waals surface area contributed by atoms with Crippen molar-refractivity contribution in [1.82, 2.24) is 4.98 Å². The zero-order chi connectivity index (χ0) is 13.9. The Hall–Kier alpha value is -1.77. The SMILES string of the molecule is COc1c(CCl)cnc([N+](=O)[O-])c1OC(F)(F)F. The van der Waals surface area contributed by atoms with Gasteiger partial charge in [-0.2, -0.15) is 0 Å². The van der Waals surface area contributed by atoms with Gasteiger partial charge >= 0.3 is 12.2 Å². The Morgan fingerprint density at radius 1 is 1.50 bits per heavy atom. The van der Waals surface area contributed by atoms with E-state index in [0.29, 0.717) is 0 Å². The smallest absolute Gasteiger partial charge is 0.492 e. The number of aromatic nitrogens is 1. The molecule has 0 bridgehead atoms. The van der Waals surface area contributed by atoms with Crippen molar-refractivity contribution in [2.45, 2.75) is 12.2 Å². The third-order valence-corrected chi connectivity index (χ3v) is 2.07. The topological polar surface area (TPSA) is 74.5 Å². The van der Waals surface area contributed by atoms with E-state index in [1.165, 1.54) is 0 Å². The number of hydrogen-bond donors (Lipinski definition) is 0. The molecule has 0 aromatic carbocycles. The first kappa shape index (κ1) is 14.3. The Bertz CT molecular complexity index is 466. The summed E-state index contributed by atoms with van der Waals surface area (Å²) in [6, 6.07) is 0. The van der Waals surface area contributed by atoms with Gasteiger partial charge in [-0.25, -0.2) is 0 Å². The van der Waals surface area contributed by atoms with E-state index in [4.69, 9.17) is 11.6 Å². The first-order valence-corrected chi connectivity index (χ1v) is 4.85. The summed E-state index contributed by atoms with van der Waals surface area (Å²) in [5.74, 6) is -2.92. The second kappa shape index (κ2) is 5.25. The Labute approximate surface area is 103 Å². The van der Waals surface area contributed by atoms with Gasteiger partial charge in [-0.3, -0.25) is 0 Å². The molecule has 0 aliphatic heterocycles. The van der Waals surface area contributed by atoms with Crippen molar-refractivity contribution >= 4 is 17.4 Å². The van der Waals surface area contributed by atoms with Crippen LogP contribution >= 0.6 is 11.6 Å². The molecule has 1 heterocycles. The average molecular weight is 287 g/mol. The molecule has 0 aliphatic rings. The predicted octanol–water partition coefficient (Wildman–Crippen LogP) is 2.64. The quantitative estimate of drug-likeness (QED) is 0.483. The van der Waals surface area contributed by atoms with E-state index in [1.54, 1.807) is 0 Å². The molecule has 6 nitrogen and oxygen atoms in total. The molecule has 0 spiro atoms. The monoisotopic (exact) mass is 286 g/mol. The number of pyridine rings is 1. The fraction of sp³-hybridized carbons (Fsp3) is 0.375. The van der Waals surface area contributed by atoms with Crippen LogP contribution in [0.2, 0.25) is 0 Å². The number of rotatable bonds is 4. The van der Waals surface area contributed by atoms with E-state index in [0.717, 1.165) is 13.3 Å². The number of methoxy groups -OCH3 is 1. The van der Waals surface area contributed by atoms with Gasteiger partial charge in [-0.05, 0) is 9.91 Å². The van der Waals surface area contributed by atoms with Gasteiger partial charge in [-0.15, -0.1) is 24.8 Å². The molecule has 0 fully saturated rings. The number of alkyl halides is 4. The number of hydrogen-bond acceptors (Lipinski definition) is 5. The molecule has 18 heavy (non-hydrogen) atoms. The van der Waals surface area contributed by atoms with E-state index in [9.17, 15) is 23.3 Å². The zero-order valence-electron chi connectivity index (χ0n) is 8.82. The molecular formula is C8H6ClF3N2O4. The number of ether oxygens (including phenoxy) is 2. The van der Waals surface area contributed by atoms with E-state index in [-0.39, 0.29) is 11.4 Å². The summed E-state index contributed by atoms with van der Waals surface area (Å²) in [6.07, 6.45) is -4.15. The van der Waals surface area contributed by atoms with E-state index >= 15 is 0 Å². The summed E-state index contributed by atoms with van der Waals surface area (Å²) in [5, 5.41) is 10.6. The molecule has 10 heteroatoms. The van der Waals surface area contributed by atoms with Gasteiger partial charge in [0, 0.05) is 0 Å². The lowest BCUT2D eigenvalue weighted by Crippen LogP contribution is -2.19. The Balaban J connectivity index is 3.43. The van der Waals surface area contributed by atoms with Crippen LogP contribution in [0.3, 0.4) is 0 Å². The highest BCUT2D eigenvalue weighted by Crippen LogP contribution is 2.41. The van der Waals surface area contributed by atoms with Gasteiger partial charge in [0.25, 0.3) is 5.75 Å². The van der Waals surface area contributed by atoms with Gasteiger partial charge in [-0.1, -0.05) is 0 Å². The van der Waals surface area contributed by atoms with Gasteiger partial charge in [0.2, 0.25) is 0 Å². The number of nitrogens with zero attached hydrogens (tertiary/aromatic N) is 2. The van der Waals surface area contributed by atoms with E-state index in [1.807, 2.05) is 0 Å². The molecular weight excluding hydrogens is 281 g/mol. The van der Waals surface area contributed by atoms with Crippen LogP contribution in [-0.4, -0.2) is 23.4 Å². The van der Waals surface area contributed by atoms with Crippen molar-refractivity contribution in [2.24, 2.45) is 0 Å². The normalized spacial score (nSPS) is 11.2. The third-order valence-electron chi connectivity index (χ3n) is 1.78. The summed E-state index contributed by atoms with van der Waals surface area (Å²) in [5.41, 5.74) is 0.0454. The minimum absolute atomic E-state index is 0.0454. The van der Waals surface area contributed by atoms with Crippen molar-refractivity contribution in [3.05, 3.63) is 21.9 Å². The summed E-state index contributed by atoms with van der Waals surface area (Å²) < 4.78 is 44.7. The highest BCUT2D eigenvalue weighted by Gasteiger charge is 2.38. The molecule has 100 valence electrons. The lowest BCUT2D eigenvalue weighted by atomic mass is 10.2. The highest BCUT2D eigenvalue weighted by atomic mass is 35.5. The minimum Gasteiger partial charge on any atom is -0.492 e. The first-order chi connectivity index (χ1) is 8.30. The van der Waals surface area contributed by atoms with Crippen LogP contribution < -0.4 is 9.47 Å². The minimum atomic E-state index is -5.11. The van der Waals surface area contributed by atoms with E-state index < -0.39 is 28.6 Å². The van der Waals surface area contributed by atoms with Crippen molar-refractivity contribution in [2.75, 3.05) is 7.11 Å². The Kier molecular flexibility index (Phi) is 4.17. The molecule has 0 atom stereocenters. The predicted molar refractivity (Wildman–Crippen MR) is 53.7 cm³/mol. The fourth-order valence-electron chi connectivity index (χ4n) is 1.16. The van der Waals surface area contributed by atoms with Crippen LogP contribution in [0.25, 0.3) is 0 Å². The second-order valence-corrected chi connectivity index (χ2v) is 3.18. The van der Waals surface area contributed by atoms with Gasteiger partial charge in [0.05, 0.1) is 18.6 Å². The molecule has 1 rings (SSSR count). The maximum absolute atomic E-state index is 12.2. The van der Waals surface area contributed by atoms with Crippen molar-refractivity contribution in [1.29, 1.82) is 0 Å². The number of nitro groups is 1. The van der Waals surface area contributed by atoms with Crippen LogP contribution in [-0.2, 0) is 5.88 Å². The molecule has 0 amide bonds. The summed E-state index contributed by atoms with van der Waals surface area (Å²) in [7, 11) is 1.04. The molecule has 0 unspecified atom stereocenters. The van der Waals surface area contributed by atoms with Crippen molar-refractivity contribution in [3.63, 3.8) is 0 Å². The molecule has 0 aliphatic carbocycles. The zero-order valence-corrected chi connectivity index (χ0v) is 9.58. The van der Waals surface area contributed by atoms with Gasteiger partial charge in [0.15, 0.2) is 5.75 Å². The second-order valence-electron chi connectivity index (χ2n) is 2.91. The average Bonchev–Trinajstić information content (AvgIpc) is 2.25. The van der Waals surface area contributed by atoms with E-state index in [2.05, 4.69) is 14.5 Å². The largest absolute Gasteiger partial charge is 0.573 e. The van der Waals surface area contributed by atoms with Crippen LogP contribution in [0, 0.1) is 10.1 Å². The highest BCUT2D eigenvalue weighted by molar-refractivity contribution is 6.17.